The minimum absolute atomic E-state index is 0.208. The van der Waals surface area contributed by atoms with Crippen molar-refractivity contribution in [3.63, 3.8) is 0 Å². The van der Waals surface area contributed by atoms with Crippen LogP contribution < -0.4 is 16.0 Å². The zero-order valence-corrected chi connectivity index (χ0v) is 15.1. The van der Waals surface area contributed by atoms with E-state index >= 15 is 0 Å². The first-order chi connectivity index (χ1) is 13.1. The summed E-state index contributed by atoms with van der Waals surface area (Å²) in [6.45, 7) is 1.42. The van der Waals surface area contributed by atoms with Gasteiger partial charge >= 0.3 is 0 Å². The number of nitrogens with one attached hydrogen (secondary N) is 2. The monoisotopic (exact) mass is 363 g/mol. The second-order valence-corrected chi connectivity index (χ2v) is 6.65. The quantitative estimate of drug-likeness (QED) is 0.663. The normalized spacial score (nSPS) is 14.6. The topological polar surface area (TPSA) is 104 Å². The Bertz CT molecular complexity index is 1030. The number of anilines is 2. The van der Waals surface area contributed by atoms with Gasteiger partial charge in [0.2, 0.25) is 0 Å². The van der Waals surface area contributed by atoms with Crippen molar-refractivity contribution in [3.8, 4) is 11.3 Å². The van der Waals surface area contributed by atoms with E-state index in [1.165, 1.54) is 6.20 Å². The SMILES string of the molecule is CNC(=O)c1cnc(N)c2[nH]c(-c3ccccc3N3CCC(=O)CC3)cc12. The fourth-order valence-electron chi connectivity index (χ4n) is 3.57. The van der Waals surface area contributed by atoms with Gasteiger partial charge in [0.05, 0.1) is 11.1 Å². The van der Waals surface area contributed by atoms with E-state index < -0.39 is 0 Å². The number of nitrogens with two attached hydrogens (primary N) is 1. The molecule has 0 saturated carbocycles. The van der Waals surface area contributed by atoms with Crippen LogP contribution in [-0.4, -0.2) is 41.8 Å². The van der Waals surface area contributed by atoms with Gasteiger partial charge in [-0.05, 0) is 12.1 Å². The Morgan fingerprint density at radius 2 is 2.00 bits per heavy atom. The number of pyridine rings is 1. The summed E-state index contributed by atoms with van der Waals surface area (Å²) in [5.74, 6) is 0.453. The Balaban J connectivity index is 1.83. The average Bonchev–Trinajstić information content (AvgIpc) is 3.14. The molecular formula is C20H21N5O2. The summed E-state index contributed by atoms with van der Waals surface area (Å²) in [5.41, 5.74) is 10.1. The molecule has 1 saturated heterocycles. The van der Waals surface area contributed by atoms with Crippen LogP contribution in [0.1, 0.15) is 23.2 Å². The van der Waals surface area contributed by atoms with Gasteiger partial charge < -0.3 is 20.9 Å². The number of carbonyl (C=O) groups excluding carboxylic acids is 2. The Morgan fingerprint density at radius 1 is 1.26 bits per heavy atom. The van der Waals surface area contributed by atoms with Gasteiger partial charge in [0, 0.05) is 61.5 Å². The number of benzene rings is 1. The maximum Gasteiger partial charge on any atom is 0.253 e. The molecule has 0 bridgehead atoms. The molecule has 1 aliphatic rings. The summed E-state index contributed by atoms with van der Waals surface area (Å²) in [7, 11) is 1.59. The number of amides is 1. The smallest absolute Gasteiger partial charge is 0.253 e. The summed E-state index contributed by atoms with van der Waals surface area (Å²) >= 11 is 0. The molecule has 0 unspecified atom stereocenters. The van der Waals surface area contributed by atoms with E-state index in [0.717, 1.165) is 22.3 Å². The van der Waals surface area contributed by atoms with Crippen LogP contribution in [0.3, 0.4) is 0 Å². The molecule has 1 aromatic carbocycles. The highest BCUT2D eigenvalue weighted by Crippen LogP contribution is 2.35. The molecule has 138 valence electrons. The van der Waals surface area contributed by atoms with Crippen molar-refractivity contribution in [1.29, 1.82) is 0 Å². The number of hydrogen-bond donors (Lipinski definition) is 3. The van der Waals surface area contributed by atoms with Crippen molar-refractivity contribution in [2.75, 3.05) is 30.8 Å². The molecule has 4 rings (SSSR count). The fraction of sp³-hybridized carbons (Fsp3) is 0.250. The molecule has 4 N–H and O–H groups in total. The Kier molecular flexibility index (Phi) is 4.27. The number of carbonyl (C=O) groups is 2. The van der Waals surface area contributed by atoms with E-state index in [9.17, 15) is 9.59 Å². The van der Waals surface area contributed by atoms with Gasteiger partial charge in [-0.15, -0.1) is 0 Å². The lowest BCUT2D eigenvalue weighted by atomic mass is 10.0. The molecule has 2 aromatic heterocycles. The number of hydrogen-bond acceptors (Lipinski definition) is 5. The van der Waals surface area contributed by atoms with Crippen LogP contribution >= 0.6 is 0 Å². The van der Waals surface area contributed by atoms with Crippen LogP contribution in [0, 0.1) is 0 Å². The second-order valence-electron chi connectivity index (χ2n) is 6.65. The van der Waals surface area contributed by atoms with Crippen LogP contribution in [0.4, 0.5) is 11.5 Å². The van der Waals surface area contributed by atoms with Crippen molar-refractivity contribution >= 4 is 34.1 Å². The summed E-state index contributed by atoms with van der Waals surface area (Å²) in [4.78, 5) is 33.5. The predicted octanol–water partition coefficient (Wildman–Crippen LogP) is 2.34. The first kappa shape index (κ1) is 17.1. The number of rotatable bonds is 3. The Morgan fingerprint density at radius 3 is 2.74 bits per heavy atom. The number of ketones is 1. The summed E-state index contributed by atoms with van der Waals surface area (Å²) in [6.07, 6.45) is 2.63. The first-order valence-electron chi connectivity index (χ1n) is 8.94. The van der Waals surface area contributed by atoms with Crippen LogP contribution in [0.25, 0.3) is 22.2 Å². The van der Waals surface area contributed by atoms with Crippen LogP contribution in [0.5, 0.6) is 0 Å². The van der Waals surface area contributed by atoms with Crippen molar-refractivity contribution < 1.29 is 9.59 Å². The average molecular weight is 363 g/mol. The molecule has 3 aromatic rings. The van der Waals surface area contributed by atoms with Crippen LogP contribution in [-0.2, 0) is 4.79 Å². The third kappa shape index (κ3) is 3.01. The van der Waals surface area contributed by atoms with Crippen molar-refractivity contribution in [2.45, 2.75) is 12.8 Å². The molecule has 1 fully saturated rings. The summed E-state index contributed by atoms with van der Waals surface area (Å²) in [6, 6.07) is 9.98. The largest absolute Gasteiger partial charge is 0.382 e. The number of para-hydroxylation sites is 1. The van der Waals surface area contributed by atoms with Crippen LogP contribution in [0.2, 0.25) is 0 Å². The van der Waals surface area contributed by atoms with Crippen LogP contribution in [0.15, 0.2) is 36.5 Å². The lowest BCUT2D eigenvalue weighted by molar-refractivity contribution is -0.119. The van der Waals surface area contributed by atoms with E-state index in [1.807, 2.05) is 24.3 Å². The maximum absolute atomic E-state index is 12.2. The van der Waals surface area contributed by atoms with Crippen molar-refractivity contribution in [3.05, 3.63) is 42.1 Å². The molecule has 0 aliphatic carbocycles. The minimum Gasteiger partial charge on any atom is -0.382 e. The third-order valence-electron chi connectivity index (χ3n) is 5.02. The highest BCUT2D eigenvalue weighted by atomic mass is 16.1. The zero-order valence-electron chi connectivity index (χ0n) is 15.1. The lowest BCUT2D eigenvalue weighted by Gasteiger charge is -2.29. The molecule has 0 atom stereocenters. The number of nitrogen functional groups attached to an aromatic ring is 1. The van der Waals surface area contributed by atoms with E-state index in [2.05, 4.69) is 26.3 Å². The molecule has 1 aliphatic heterocycles. The highest BCUT2D eigenvalue weighted by Gasteiger charge is 2.21. The number of nitrogens with zero attached hydrogens (tertiary/aromatic N) is 2. The van der Waals surface area contributed by atoms with Gasteiger partial charge in [-0.1, -0.05) is 18.2 Å². The third-order valence-corrected chi connectivity index (χ3v) is 5.02. The molecular weight excluding hydrogens is 342 g/mol. The summed E-state index contributed by atoms with van der Waals surface area (Å²) < 4.78 is 0. The van der Waals surface area contributed by atoms with E-state index in [1.54, 1.807) is 7.05 Å². The van der Waals surface area contributed by atoms with Gasteiger partial charge in [0.1, 0.15) is 11.6 Å². The molecule has 0 radical (unpaired) electrons. The minimum atomic E-state index is -0.208. The van der Waals surface area contributed by atoms with Gasteiger partial charge in [-0.2, -0.15) is 0 Å². The van der Waals surface area contributed by atoms with E-state index in [4.69, 9.17) is 5.73 Å². The maximum atomic E-state index is 12.2. The Hall–Kier alpha value is -3.35. The number of aromatic amines is 1. The van der Waals surface area contributed by atoms with Crippen molar-refractivity contribution in [2.24, 2.45) is 0 Å². The number of fused-ring (bicyclic) bond motifs is 1. The lowest BCUT2D eigenvalue weighted by Crippen LogP contribution is -2.34. The molecule has 27 heavy (non-hydrogen) atoms. The van der Waals surface area contributed by atoms with Gasteiger partial charge in [0.15, 0.2) is 0 Å². The number of piperidine rings is 1. The van der Waals surface area contributed by atoms with Gasteiger partial charge in [0.25, 0.3) is 5.91 Å². The van der Waals surface area contributed by atoms with E-state index in [0.29, 0.717) is 48.6 Å². The summed E-state index contributed by atoms with van der Waals surface area (Å²) in [5, 5.41) is 3.37. The van der Waals surface area contributed by atoms with E-state index in [-0.39, 0.29) is 5.91 Å². The zero-order chi connectivity index (χ0) is 19.0. The number of Topliss-reactive ketones (excluding diaryl/α,β-unsaturated/α-hetero) is 1. The predicted molar refractivity (Wildman–Crippen MR) is 106 cm³/mol. The Labute approximate surface area is 156 Å². The number of H-pyrrole nitrogens is 1. The van der Waals surface area contributed by atoms with Crippen molar-refractivity contribution in [1.82, 2.24) is 15.3 Å². The molecule has 0 spiro atoms. The fourth-order valence-corrected chi connectivity index (χ4v) is 3.57. The molecule has 7 heteroatoms. The standard InChI is InChI=1S/C20H21N5O2/c1-22-20(27)15-11-23-19(21)18-14(15)10-16(24-18)13-4-2-3-5-17(13)25-8-6-12(26)7-9-25/h2-5,10-11,24H,6-9H2,1H3,(H2,21,23)(H,22,27). The molecule has 1 amide bonds. The molecule has 3 heterocycles. The highest BCUT2D eigenvalue weighted by molar-refractivity contribution is 6.09. The van der Waals surface area contributed by atoms with Gasteiger partial charge in [-0.25, -0.2) is 4.98 Å². The first-order valence-corrected chi connectivity index (χ1v) is 8.94. The number of aromatic nitrogens is 2. The molecule has 7 nitrogen and oxygen atoms in total. The second kappa shape index (κ2) is 6.75. The van der Waals surface area contributed by atoms with Gasteiger partial charge in [-0.3, -0.25) is 9.59 Å².